The molecular formula is C24H22N6O6S. The maximum Gasteiger partial charge on any atom is 0.267 e. The Labute approximate surface area is 212 Å². The van der Waals surface area contributed by atoms with E-state index < -0.39 is 21.5 Å². The minimum Gasteiger partial charge on any atom is -0.497 e. The van der Waals surface area contributed by atoms with Crippen LogP contribution in [-0.4, -0.2) is 48.3 Å². The van der Waals surface area contributed by atoms with Gasteiger partial charge in [0.15, 0.2) is 0 Å². The summed E-state index contributed by atoms with van der Waals surface area (Å²) in [5.41, 5.74) is 0.852. The summed E-state index contributed by atoms with van der Waals surface area (Å²) in [5.74, 6) is 0.499. The summed E-state index contributed by atoms with van der Waals surface area (Å²) in [6, 6.07) is 15.0. The number of benzene rings is 2. The summed E-state index contributed by atoms with van der Waals surface area (Å²) in [5, 5.41) is 6.93. The fourth-order valence-corrected chi connectivity index (χ4v) is 4.26. The summed E-state index contributed by atoms with van der Waals surface area (Å²) in [7, 11) is -0.878. The van der Waals surface area contributed by atoms with E-state index in [-0.39, 0.29) is 17.4 Å². The van der Waals surface area contributed by atoms with Crippen LogP contribution >= 0.6 is 0 Å². The third-order valence-electron chi connectivity index (χ3n) is 5.08. The van der Waals surface area contributed by atoms with E-state index in [9.17, 15) is 18.0 Å². The molecule has 1 amide bonds. The molecule has 12 nitrogen and oxygen atoms in total. The molecule has 0 aliphatic rings. The van der Waals surface area contributed by atoms with Crippen molar-refractivity contribution in [2.75, 3.05) is 24.3 Å². The molecular weight excluding hydrogens is 500 g/mol. The Kier molecular flexibility index (Phi) is 7.44. The molecule has 2 heterocycles. The predicted octanol–water partition coefficient (Wildman–Crippen LogP) is 2.16. The van der Waals surface area contributed by atoms with Crippen LogP contribution in [-0.2, 0) is 21.4 Å². The summed E-state index contributed by atoms with van der Waals surface area (Å²) in [6.45, 7) is -0.369. The Morgan fingerprint density at radius 2 is 1.70 bits per heavy atom. The molecule has 2 aromatic carbocycles. The number of methoxy groups -OCH3 is 2. The molecule has 4 rings (SSSR count). The van der Waals surface area contributed by atoms with Gasteiger partial charge in [0.25, 0.3) is 15.6 Å². The van der Waals surface area contributed by atoms with E-state index in [0.717, 1.165) is 4.68 Å². The molecule has 0 aliphatic carbocycles. The molecule has 13 heteroatoms. The minimum absolute atomic E-state index is 0.0456. The average molecular weight is 523 g/mol. The van der Waals surface area contributed by atoms with Crippen LogP contribution in [0.25, 0.3) is 11.3 Å². The number of ether oxygens (including phenoxy) is 2. The normalized spacial score (nSPS) is 11.0. The summed E-state index contributed by atoms with van der Waals surface area (Å²) >= 11 is 0. The van der Waals surface area contributed by atoms with Crippen LogP contribution in [0.3, 0.4) is 0 Å². The topological polar surface area (TPSA) is 154 Å². The van der Waals surface area contributed by atoms with E-state index in [1.54, 1.807) is 24.3 Å². The summed E-state index contributed by atoms with van der Waals surface area (Å²) in [6.07, 6.45) is 2.82. The molecule has 2 N–H and O–H groups in total. The third-order valence-corrected chi connectivity index (χ3v) is 6.43. The second kappa shape index (κ2) is 10.9. The van der Waals surface area contributed by atoms with Gasteiger partial charge >= 0.3 is 0 Å². The van der Waals surface area contributed by atoms with E-state index in [4.69, 9.17) is 9.47 Å². The highest BCUT2D eigenvalue weighted by molar-refractivity contribution is 7.92. The van der Waals surface area contributed by atoms with Crippen LogP contribution in [0.2, 0.25) is 0 Å². The van der Waals surface area contributed by atoms with Gasteiger partial charge in [-0.25, -0.2) is 27.8 Å². The predicted molar refractivity (Wildman–Crippen MR) is 135 cm³/mol. The zero-order valence-corrected chi connectivity index (χ0v) is 20.6. The molecule has 2 aromatic heterocycles. The highest BCUT2D eigenvalue weighted by Gasteiger charge is 2.16. The number of carbonyl (C=O) groups is 1. The van der Waals surface area contributed by atoms with Crippen molar-refractivity contribution in [3.8, 4) is 22.8 Å². The van der Waals surface area contributed by atoms with Crippen LogP contribution in [0.15, 0.2) is 82.7 Å². The van der Waals surface area contributed by atoms with Crippen LogP contribution < -0.4 is 25.1 Å². The largest absolute Gasteiger partial charge is 0.497 e. The van der Waals surface area contributed by atoms with Gasteiger partial charge in [0, 0.05) is 29.7 Å². The molecule has 0 fully saturated rings. The number of carbonyl (C=O) groups excluding carboxylic acids is 1. The lowest BCUT2D eigenvalue weighted by atomic mass is 10.1. The molecule has 0 saturated carbocycles. The van der Waals surface area contributed by atoms with Crippen molar-refractivity contribution >= 4 is 27.6 Å². The van der Waals surface area contributed by atoms with E-state index in [1.807, 2.05) is 0 Å². The number of nitrogens with one attached hydrogen (secondary N) is 2. The Balaban J connectivity index is 1.48. The van der Waals surface area contributed by atoms with Crippen molar-refractivity contribution in [3.63, 3.8) is 0 Å². The minimum atomic E-state index is -3.92. The van der Waals surface area contributed by atoms with Gasteiger partial charge < -0.3 is 14.8 Å². The van der Waals surface area contributed by atoms with E-state index in [2.05, 4.69) is 25.1 Å². The van der Waals surface area contributed by atoms with Crippen LogP contribution in [0.5, 0.6) is 11.5 Å². The second-order valence-corrected chi connectivity index (χ2v) is 9.21. The van der Waals surface area contributed by atoms with Crippen molar-refractivity contribution < 1.29 is 22.7 Å². The molecule has 0 atom stereocenters. The average Bonchev–Trinajstić information content (AvgIpc) is 2.90. The maximum atomic E-state index is 12.6. The van der Waals surface area contributed by atoms with Crippen LogP contribution in [0.4, 0.5) is 11.6 Å². The number of rotatable bonds is 9. The summed E-state index contributed by atoms with van der Waals surface area (Å²) in [4.78, 5) is 32.6. The van der Waals surface area contributed by atoms with Gasteiger partial charge in [-0.3, -0.25) is 9.59 Å². The van der Waals surface area contributed by atoms with Gasteiger partial charge in [-0.1, -0.05) is 0 Å². The number of hydrogen-bond acceptors (Lipinski definition) is 9. The highest BCUT2D eigenvalue weighted by atomic mass is 32.2. The lowest BCUT2D eigenvalue weighted by Crippen LogP contribution is -2.29. The van der Waals surface area contributed by atoms with E-state index in [1.165, 1.54) is 63.0 Å². The van der Waals surface area contributed by atoms with Crippen molar-refractivity contribution in [3.05, 3.63) is 83.4 Å². The molecule has 4 aromatic rings. The smallest absolute Gasteiger partial charge is 0.267 e. The molecule has 0 saturated heterocycles. The number of sulfonamides is 1. The first-order valence-corrected chi connectivity index (χ1v) is 12.3. The first kappa shape index (κ1) is 25.3. The molecule has 0 radical (unpaired) electrons. The SMILES string of the molecule is COc1ccc(OC)c(-c2ccc(=O)n(CC(=O)Nc3ccc(S(=O)(=O)Nc4ncccn4)cc3)n2)c1. The molecule has 37 heavy (non-hydrogen) atoms. The molecule has 0 aliphatic heterocycles. The molecule has 190 valence electrons. The number of hydrogen-bond donors (Lipinski definition) is 2. The quantitative estimate of drug-likeness (QED) is 0.336. The standard InChI is InChI=1S/C24H22N6O6S/c1-35-17-6-10-21(36-2)19(14-17)20-9-11-23(32)30(28-20)15-22(31)27-16-4-7-18(8-5-16)37(33,34)29-24-25-12-3-13-26-24/h3-14H,15H2,1-2H3,(H,27,31)(H,25,26,29). The Morgan fingerprint density at radius 1 is 0.973 bits per heavy atom. The van der Waals surface area contributed by atoms with Crippen LogP contribution in [0, 0.1) is 0 Å². The molecule has 0 unspecified atom stereocenters. The van der Waals surface area contributed by atoms with Gasteiger partial charge in [0.05, 0.1) is 24.8 Å². The van der Waals surface area contributed by atoms with Crippen molar-refractivity contribution in [1.29, 1.82) is 0 Å². The number of aromatic nitrogens is 4. The second-order valence-electron chi connectivity index (χ2n) is 7.53. The number of anilines is 2. The van der Waals surface area contributed by atoms with Crippen molar-refractivity contribution in [2.24, 2.45) is 0 Å². The van der Waals surface area contributed by atoms with Crippen LogP contribution in [0.1, 0.15) is 0 Å². The van der Waals surface area contributed by atoms with Crippen molar-refractivity contribution in [2.45, 2.75) is 11.4 Å². The number of nitrogens with zero attached hydrogens (tertiary/aromatic N) is 4. The molecule has 0 spiro atoms. The Hall–Kier alpha value is -4.78. The van der Waals surface area contributed by atoms with E-state index >= 15 is 0 Å². The van der Waals surface area contributed by atoms with Gasteiger partial charge in [0.2, 0.25) is 11.9 Å². The lowest BCUT2D eigenvalue weighted by Gasteiger charge is -2.12. The zero-order chi connectivity index (χ0) is 26.4. The van der Waals surface area contributed by atoms with Gasteiger partial charge in [-0.2, -0.15) is 5.10 Å². The summed E-state index contributed by atoms with van der Waals surface area (Å²) < 4.78 is 38.9. The first-order valence-electron chi connectivity index (χ1n) is 10.8. The van der Waals surface area contributed by atoms with Gasteiger partial charge in [-0.05, 0) is 54.6 Å². The zero-order valence-electron chi connectivity index (χ0n) is 19.8. The Morgan fingerprint density at radius 3 is 2.38 bits per heavy atom. The van der Waals surface area contributed by atoms with Gasteiger partial charge in [-0.15, -0.1) is 0 Å². The van der Waals surface area contributed by atoms with Gasteiger partial charge in [0.1, 0.15) is 18.0 Å². The molecule has 0 bridgehead atoms. The fraction of sp³-hybridized carbons (Fsp3) is 0.125. The number of amides is 1. The van der Waals surface area contributed by atoms with E-state index in [0.29, 0.717) is 28.4 Å². The fourth-order valence-electron chi connectivity index (χ4n) is 3.30. The third kappa shape index (κ3) is 6.08. The monoisotopic (exact) mass is 522 g/mol. The Bertz CT molecular complexity index is 1570. The van der Waals surface area contributed by atoms with Crippen molar-refractivity contribution in [1.82, 2.24) is 19.7 Å². The highest BCUT2D eigenvalue weighted by Crippen LogP contribution is 2.31. The maximum absolute atomic E-state index is 12.6. The first-order chi connectivity index (χ1) is 17.8. The lowest BCUT2D eigenvalue weighted by molar-refractivity contribution is -0.117.